The normalized spacial score (nSPS) is 24.1. The van der Waals surface area contributed by atoms with Crippen molar-refractivity contribution in [3.05, 3.63) is 0 Å². The lowest BCUT2D eigenvalue weighted by Crippen LogP contribution is -2.50. The molecule has 0 aromatic heterocycles. The highest BCUT2D eigenvalue weighted by atomic mass is 127. The molecule has 1 aliphatic heterocycles. The largest absolute Gasteiger partial charge is 0.377 e. The maximum Gasteiger partial charge on any atom is 0.191 e. The highest BCUT2D eigenvalue weighted by molar-refractivity contribution is 14.0. The van der Waals surface area contributed by atoms with Gasteiger partial charge < -0.3 is 15.4 Å². The maximum atomic E-state index is 5.42. The molecule has 1 aliphatic rings. The van der Waals surface area contributed by atoms with Crippen molar-refractivity contribution in [3.63, 3.8) is 0 Å². The molecule has 1 saturated heterocycles. The fourth-order valence-corrected chi connectivity index (χ4v) is 2.35. The number of guanidine groups is 1. The van der Waals surface area contributed by atoms with Gasteiger partial charge in [0.15, 0.2) is 5.96 Å². The van der Waals surface area contributed by atoms with Gasteiger partial charge in [-0.25, -0.2) is 0 Å². The molecule has 6 heteroatoms. The zero-order valence-electron chi connectivity index (χ0n) is 14.6. The van der Waals surface area contributed by atoms with Gasteiger partial charge in [-0.15, -0.1) is 24.0 Å². The van der Waals surface area contributed by atoms with Crippen LogP contribution in [0.4, 0.5) is 0 Å². The summed E-state index contributed by atoms with van der Waals surface area (Å²) in [5, 5.41) is 6.89. The topological polar surface area (TPSA) is 48.9 Å². The summed E-state index contributed by atoms with van der Waals surface area (Å²) in [6.07, 6.45) is 0. The smallest absolute Gasteiger partial charge is 0.191 e. The van der Waals surface area contributed by atoms with Crippen LogP contribution in [-0.2, 0) is 4.74 Å². The third-order valence-corrected chi connectivity index (χ3v) is 4.15. The number of nitrogens with one attached hydrogen (secondary N) is 2. The Morgan fingerprint density at radius 2 is 2.00 bits per heavy atom. The Labute approximate surface area is 147 Å². The molecule has 0 aromatic rings. The Bertz CT molecular complexity index is 334. The van der Waals surface area contributed by atoms with Crippen molar-refractivity contribution < 1.29 is 4.74 Å². The van der Waals surface area contributed by atoms with Crippen LogP contribution in [0.5, 0.6) is 0 Å². The molecule has 0 bridgehead atoms. The van der Waals surface area contributed by atoms with Gasteiger partial charge in [0.05, 0.1) is 5.60 Å². The van der Waals surface area contributed by atoms with Gasteiger partial charge in [0.2, 0.25) is 0 Å². The molecule has 0 aromatic carbocycles. The molecule has 126 valence electrons. The van der Waals surface area contributed by atoms with Gasteiger partial charge in [0.25, 0.3) is 0 Å². The van der Waals surface area contributed by atoms with Crippen molar-refractivity contribution >= 4 is 29.9 Å². The summed E-state index contributed by atoms with van der Waals surface area (Å²) in [5.74, 6) is 1.49. The van der Waals surface area contributed by atoms with Crippen LogP contribution in [0.25, 0.3) is 0 Å². The van der Waals surface area contributed by atoms with Crippen molar-refractivity contribution in [2.75, 3.05) is 33.8 Å². The molecule has 1 rings (SSSR count). The second kappa shape index (κ2) is 9.15. The Morgan fingerprint density at radius 1 is 1.38 bits per heavy atom. The highest BCUT2D eigenvalue weighted by Crippen LogP contribution is 2.18. The lowest BCUT2D eigenvalue weighted by atomic mass is 10.1. The minimum absolute atomic E-state index is 0. The van der Waals surface area contributed by atoms with E-state index in [2.05, 4.69) is 55.1 Å². The van der Waals surface area contributed by atoms with Crippen LogP contribution in [-0.4, -0.2) is 62.3 Å². The predicted octanol–water partition coefficient (Wildman–Crippen LogP) is 1.92. The molecule has 0 amide bonds. The van der Waals surface area contributed by atoms with Gasteiger partial charge in [-0.1, -0.05) is 6.92 Å². The first-order chi connectivity index (χ1) is 9.29. The number of nitrogens with zero attached hydrogens (tertiary/aromatic N) is 2. The number of rotatable bonds is 5. The van der Waals surface area contributed by atoms with Crippen LogP contribution in [0.15, 0.2) is 4.99 Å². The molecule has 0 spiro atoms. The Balaban J connectivity index is 0.00000400. The van der Waals surface area contributed by atoms with Crippen LogP contribution in [0.3, 0.4) is 0 Å². The van der Waals surface area contributed by atoms with Gasteiger partial charge in [-0.2, -0.15) is 0 Å². The first kappa shape index (κ1) is 20.9. The summed E-state index contributed by atoms with van der Waals surface area (Å²) in [6, 6.07) is 1.06. The van der Waals surface area contributed by atoms with Gasteiger partial charge >= 0.3 is 0 Å². The van der Waals surface area contributed by atoms with E-state index in [1.807, 2.05) is 7.05 Å². The summed E-state index contributed by atoms with van der Waals surface area (Å²) in [6.45, 7) is 13.9. The molecule has 2 unspecified atom stereocenters. The lowest BCUT2D eigenvalue weighted by molar-refractivity contribution is 0.0268. The number of halogens is 1. The molecular formula is C15H33IN4O. The van der Waals surface area contributed by atoms with Gasteiger partial charge in [-0.3, -0.25) is 9.89 Å². The fourth-order valence-electron chi connectivity index (χ4n) is 2.35. The third-order valence-electron chi connectivity index (χ3n) is 4.15. The number of hydrogen-bond donors (Lipinski definition) is 2. The number of ether oxygens (including phenoxy) is 1. The maximum absolute atomic E-state index is 5.42. The summed E-state index contributed by atoms with van der Waals surface area (Å²) < 4.78 is 5.42. The Hall–Kier alpha value is -0.0800. The summed E-state index contributed by atoms with van der Waals surface area (Å²) in [5.41, 5.74) is -0.192. The lowest BCUT2D eigenvalue weighted by Gasteiger charge is -2.26. The van der Waals surface area contributed by atoms with E-state index < -0.39 is 0 Å². The van der Waals surface area contributed by atoms with E-state index in [0.29, 0.717) is 18.0 Å². The van der Waals surface area contributed by atoms with E-state index in [9.17, 15) is 0 Å². The Morgan fingerprint density at radius 3 is 2.43 bits per heavy atom. The summed E-state index contributed by atoms with van der Waals surface area (Å²) in [7, 11) is 3.55. The third kappa shape index (κ3) is 6.69. The van der Waals surface area contributed by atoms with Gasteiger partial charge in [0.1, 0.15) is 0 Å². The zero-order chi connectivity index (χ0) is 15.3. The molecule has 0 aliphatic carbocycles. The molecule has 2 N–H and O–H groups in total. The standard InChI is InChI=1S/C15H32N4O.HI/c1-11(2)19-8-12(3)13(9-19)18-14(16-6)17-10-15(4,5)20-7;/h11-13H,8-10H2,1-7H3,(H2,16,17,18);1H. The van der Waals surface area contributed by atoms with Crippen LogP contribution in [0, 0.1) is 5.92 Å². The van der Waals surface area contributed by atoms with Crippen LogP contribution in [0.1, 0.15) is 34.6 Å². The van der Waals surface area contributed by atoms with E-state index in [0.717, 1.165) is 25.6 Å². The summed E-state index contributed by atoms with van der Waals surface area (Å²) in [4.78, 5) is 6.82. The monoisotopic (exact) mass is 412 g/mol. The molecule has 5 nitrogen and oxygen atoms in total. The van der Waals surface area contributed by atoms with Gasteiger partial charge in [0, 0.05) is 45.9 Å². The first-order valence-corrected chi connectivity index (χ1v) is 7.55. The van der Waals surface area contributed by atoms with Crippen molar-refractivity contribution in [3.8, 4) is 0 Å². The molecule has 1 heterocycles. The molecular weight excluding hydrogens is 379 g/mol. The number of hydrogen-bond acceptors (Lipinski definition) is 3. The SMILES string of the molecule is CN=C(NCC(C)(C)OC)NC1CN(C(C)C)CC1C.I. The van der Waals surface area contributed by atoms with Crippen molar-refractivity contribution in [1.82, 2.24) is 15.5 Å². The van der Waals surface area contributed by atoms with E-state index in [-0.39, 0.29) is 29.6 Å². The van der Waals surface area contributed by atoms with E-state index in [1.54, 1.807) is 7.11 Å². The quantitative estimate of drug-likeness (QED) is 0.412. The van der Waals surface area contributed by atoms with E-state index >= 15 is 0 Å². The fraction of sp³-hybridized carbons (Fsp3) is 0.933. The number of aliphatic imine (C=N–C) groups is 1. The number of likely N-dealkylation sites (tertiary alicyclic amines) is 1. The minimum atomic E-state index is -0.192. The Kier molecular flexibility index (Phi) is 9.11. The zero-order valence-corrected chi connectivity index (χ0v) is 16.9. The van der Waals surface area contributed by atoms with Crippen LogP contribution in [0.2, 0.25) is 0 Å². The highest BCUT2D eigenvalue weighted by Gasteiger charge is 2.31. The molecule has 1 fully saturated rings. The van der Waals surface area contributed by atoms with Crippen LogP contribution < -0.4 is 10.6 Å². The van der Waals surface area contributed by atoms with E-state index in [4.69, 9.17) is 4.74 Å². The second-order valence-corrected chi connectivity index (χ2v) is 6.67. The molecule has 0 radical (unpaired) electrons. The van der Waals surface area contributed by atoms with Crippen molar-refractivity contribution in [1.29, 1.82) is 0 Å². The average Bonchev–Trinajstić information content (AvgIpc) is 2.76. The number of methoxy groups -OCH3 is 1. The molecule has 21 heavy (non-hydrogen) atoms. The minimum Gasteiger partial charge on any atom is -0.377 e. The van der Waals surface area contributed by atoms with E-state index in [1.165, 1.54) is 0 Å². The predicted molar refractivity (Wildman–Crippen MR) is 101 cm³/mol. The molecule has 0 saturated carbocycles. The average molecular weight is 412 g/mol. The van der Waals surface area contributed by atoms with Crippen LogP contribution >= 0.6 is 24.0 Å². The second-order valence-electron chi connectivity index (χ2n) is 6.67. The van der Waals surface area contributed by atoms with Gasteiger partial charge in [-0.05, 0) is 33.6 Å². The summed E-state index contributed by atoms with van der Waals surface area (Å²) >= 11 is 0. The molecule has 2 atom stereocenters. The first-order valence-electron chi connectivity index (χ1n) is 7.55. The van der Waals surface area contributed by atoms with Crippen molar-refractivity contribution in [2.24, 2.45) is 10.9 Å². The van der Waals surface area contributed by atoms with Crippen molar-refractivity contribution in [2.45, 2.75) is 52.3 Å².